The predicted octanol–water partition coefficient (Wildman–Crippen LogP) is 0.991. The largest absolute Gasteiger partial charge is 0.498 e. The number of carbonyl (C=O) groups excluding carboxylic acids is 1. The molecule has 21 heavy (non-hydrogen) atoms. The van der Waals surface area contributed by atoms with E-state index in [1.54, 1.807) is 10.9 Å². The van der Waals surface area contributed by atoms with Crippen molar-refractivity contribution < 1.29 is 18.8 Å². The van der Waals surface area contributed by atoms with Gasteiger partial charge in [-0.05, 0) is 27.7 Å². The molecule has 0 aliphatic carbocycles. The topological polar surface area (TPSA) is 62.6 Å². The van der Waals surface area contributed by atoms with Gasteiger partial charge in [0.15, 0.2) is 0 Å². The zero-order valence-electron chi connectivity index (χ0n) is 13.5. The summed E-state index contributed by atoms with van der Waals surface area (Å²) in [4.78, 5) is 11.4. The number of hydrogen-bond acceptors (Lipinski definition) is 5. The molecule has 116 valence electrons. The van der Waals surface area contributed by atoms with Crippen molar-refractivity contribution in [2.45, 2.75) is 52.4 Å². The molecule has 0 spiro atoms. The number of nitrogens with zero attached hydrogens (tertiary/aromatic N) is 2. The first kappa shape index (κ1) is 16.0. The lowest BCUT2D eigenvalue weighted by molar-refractivity contribution is -0.145. The maximum absolute atomic E-state index is 11.4. The Morgan fingerprint density at radius 1 is 1.38 bits per heavy atom. The lowest BCUT2D eigenvalue weighted by atomic mass is 9.82. The van der Waals surface area contributed by atoms with E-state index in [1.165, 1.54) is 7.11 Å². The molecule has 2 rings (SSSR count). The highest BCUT2D eigenvalue weighted by atomic mass is 16.7. The molecule has 0 radical (unpaired) electrons. The highest BCUT2D eigenvalue weighted by Crippen LogP contribution is 2.36. The molecule has 7 heteroatoms. The minimum absolute atomic E-state index is 0.248. The van der Waals surface area contributed by atoms with Gasteiger partial charge in [-0.1, -0.05) is 6.92 Å². The van der Waals surface area contributed by atoms with Crippen molar-refractivity contribution in [1.82, 2.24) is 9.78 Å². The molecule has 1 aromatic rings. The van der Waals surface area contributed by atoms with Crippen LogP contribution in [0.4, 0.5) is 0 Å². The van der Waals surface area contributed by atoms with Gasteiger partial charge in [-0.25, -0.2) is 0 Å². The van der Waals surface area contributed by atoms with Crippen LogP contribution in [0.25, 0.3) is 0 Å². The summed E-state index contributed by atoms with van der Waals surface area (Å²) in [5.41, 5.74) is 0.101. The summed E-state index contributed by atoms with van der Waals surface area (Å²) in [5.74, 6) is -0.497. The van der Waals surface area contributed by atoms with Gasteiger partial charge in [-0.15, -0.1) is 0 Å². The fourth-order valence-corrected chi connectivity index (χ4v) is 2.14. The third kappa shape index (κ3) is 3.13. The second-order valence-electron chi connectivity index (χ2n) is 6.51. The highest BCUT2D eigenvalue weighted by Gasteiger charge is 2.52. The first-order valence-electron chi connectivity index (χ1n) is 7.12. The quantitative estimate of drug-likeness (QED) is 0.612. The summed E-state index contributed by atoms with van der Waals surface area (Å²) in [5, 5.41) is 4.26. The minimum atomic E-state index is -0.433. The number of rotatable bonds is 4. The van der Waals surface area contributed by atoms with E-state index in [2.05, 4.69) is 5.10 Å². The van der Waals surface area contributed by atoms with E-state index in [9.17, 15) is 4.79 Å². The van der Waals surface area contributed by atoms with Crippen molar-refractivity contribution in [3.8, 4) is 0 Å². The van der Waals surface area contributed by atoms with Gasteiger partial charge in [-0.2, -0.15) is 5.10 Å². The van der Waals surface area contributed by atoms with Gasteiger partial charge in [0.05, 0.1) is 30.8 Å². The Hall–Kier alpha value is -1.34. The molecule has 1 aliphatic rings. The third-order valence-electron chi connectivity index (χ3n) is 4.24. The number of carbonyl (C=O) groups is 1. The number of hydrogen-bond donors (Lipinski definition) is 0. The van der Waals surface area contributed by atoms with Gasteiger partial charge >= 0.3 is 13.1 Å². The second kappa shape index (κ2) is 5.46. The zero-order chi connectivity index (χ0) is 15.8. The fourth-order valence-electron chi connectivity index (χ4n) is 2.14. The minimum Gasteiger partial charge on any atom is -0.469 e. The summed E-state index contributed by atoms with van der Waals surface area (Å²) in [6.45, 7) is 10.3. The van der Waals surface area contributed by atoms with Crippen LogP contribution in [-0.2, 0) is 25.4 Å². The van der Waals surface area contributed by atoms with E-state index in [4.69, 9.17) is 14.0 Å². The predicted molar refractivity (Wildman–Crippen MR) is 79.1 cm³/mol. The number of ether oxygens (including phenoxy) is 1. The summed E-state index contributed by atoms with van der Waals surface area (Å²) < 4.78 is 18.4. The van der Waals surface area contributed by atoms with Crippen LogP contribution in [0.1, 0.15) is 34.6 Å². The lowest BCUT2D eigenvalue weighted by Crippen LogP contribution is -2.41. The van der Waals surface area contributed by atoms with Crippen LogP contribution >= 0.6 is 0 Å². The molecule has 1 unspecified atom stereocenters. The second-order valence-corrected chi connectivity index (χ2v) is 6.51. The molecule has 1 aromatic heterocycles. The lowest BCUT2D eigenvalue weighted by Gasteiger charge is -2.32. The maximum atomic E-state index is 11.4. The molecule has 6 nitrogen and oxygen atoms in total. The van der Waals surface area contributed by atoms with Crippen LogP contribution in [0.3, 0.4) is 0 Å². The number of aromatic nitrogens is 2. The Kier molecular flexibility index (Phi) is 4.17. The normalized spacial score (nSPS) is 21.3. The molecule has 0 saturated carbocycles. The molecule has 0 amide bonds. The molecule has 1 atom stereocenters. The molecule has 0 N–H and O–H groups in total. The van der Waals surface area contributed by atoms with Crippen LogP contribution in [0.15, 0.2) is 12.4 Å². The van der Waals surface area contributed by atoms with E-state index >= 15 is 0 Å². The fraction of sp³-hybridized carbons (Fsp3) is 0.714. The van der Waals surface area contributed by atoms with E-state index in [1.807, 2.05) is 40.8 Å². The van der Waals surface area contributed by atoms with Crippen molar-refractivity contribution in [3.05, 3.63) is 12.4 Å². The smallest absolute Gasteiger partial charge is 0.469 e. The van der Waals surface area contributed by atoms with Crippen molar-refractivity contribution in [1.29, 1.82) is 0 Å². The van der Waals surface area contributed by atoms with E-state index in [-0.39, 0.29) is 23.1 Å². The molecule has 1 saturated heterocycles. The first-order chi connectivity index (χ1) is 9.66. The third-order valence-corrected chi connectivity index (χ3v) is 4.24. The van der Waals surface area contributed by atoms with Crippen LogP contribution in [0.2, 0.25) is 0 Å². The van der Waals surface area contributed by atoms with Crippen molar-refractivity contribution >= 4 is 18.6 Å². The molecular formula is C14H23BN2O4. The Morgan fingerprint density at radius 2 is 1.95 bits per heavy atom. The van der Waals surface area contributed by atoms with Crippen LogP contribution in [-0.4, -0.2) is 41.2 Å². The Labute approximate surface area is 125 Å². The Balaban J connectivity index is 2.06. The summed E-state index contributed by atoms with van der Waals surface area (Å²) >= 11 is 0. The molecule has 1 aliphatic heterocycles. The molecule has 0 aromatic carbocycles. The Morgan fingerprint density at radius 3 is 2.48 bits per heavy atom. The summed E-state index contributed by atoms with van der Waals surface area (Å²) in [6.07, 6.45) is 3.56. The van der Waals surface area contributed by atoms with Gasteiger partial charge in [-0.3, -0.25) is 9.48 Å². The molecule has 0 bridgehead atoms. The van der Waals surface area contributed by atoms with Crippen LogP contribution < -0.4 is 5.46 Å². The monoisotopic (exact) mass is 294 g/mol. The van der Waals surface area contributed by atoms with Crippen LogP contribution in [0.5, 0.6) is 0 Å². The first-order valence-corrected chi connectivity index (χ1v) is 7.12. The van der Waals surface area contributed by atoms with Gasteiger partial charge in [0.1, 0.15) is 0 Å². The average molecular weight is 294 g/mol. The van der Waals surface area contributed by atoms with Crippen molar-refractivity contribution in [3.63, 3.8) is 0 Å². The Bertz CT molecular complexity index is 511. The van der Waals surface area contributed by atoms with Crippen molar-refractivity contribution in [2.75, 3.05) is 7.11 Å². The summed E-state index contributed by atoms with van der Waals surface area (Å²) in [6, 6.07) is 0. The van der Waals surface area contributed by atoms with E-state index in [0.717, 1.165) is 5.46 Å². The van der Waals surface area contributed by atoms with Gasteiger partial charge in [0.25, 0.3) is 0 Å². The van der Waals surface area contributed by atoms with Crippen molar-refractivity contribution in [2.24, 2.45) is 5.92 Å². The van der Waals surface area contributed by atoms with Crippen LogP contribution in [0, 0.1) is 5.92 Å². The zero-order valence-corrected chi connectivity index (χ0v) is 13.5. The SMILES string of the molecule is COC(=O)C(C)Cn1cc(B2OC(C)(C)C(C)(C)O2)cn1. The maximum Gasteiger partial charge on any atom is 0.498 e. The van der Waals surface area contributed by atoms with Gasteiger partial charge in [0, 0.05) is 17.9 Å². The molecule has 1 fully saturated rings. The summed E-state index contributed by atoms with van der Waals surface area (Å²) in [7, 11) is 0.953. The van der Waals surface area contributed by atoms with E-state index < -0.39 is 7.12 Å². The number of esters is 1. The van der Waals surface area contributed by atoms with E-state index in [0.29, 0.717) is 6.54 Å². The average Bonchev–Trinajstić information content (AvgIpc) is 2.92. The molecule has 2 heterocycles. The molecular weight excluding hydrogens is 271 g/mol. The standard InChI is InChI=1S/C14H23BN2O4/c1-10(12(18)19-6)8-17-9-11(7-16-17)15-20-13(2,3)14(4,5)21-15/h7,9-10H,8H2,1-6H3. The van der Waals surface area contributed by atoms with Gasteiger partial charge < -0.3 is 14.0 Å². The number of methoxy groups -OCH3 is 1. The highest BCUT2D eigenvalue weighted by molar-refractivity contribution is 6.61. The van der Waals surface area contributed by atoms with Gasteiger partial charge in [0.2, 0.25) is 0 Å².